The average Bonchev–Trinajstić information content (AvgIpc) is 3.20. The molecule has 8 heteroatoms. The zero-order chi connectivity index (χ0) is 20.2. The number of likely N-dealkylation sites (tertiary alicyclic amines) is 1. The quantitative estimate of drug-likeness (QED) is 0.698. The van der Waals surface area contributed by atoms with Crippen LogP contribution in [0.5, 0.6) is 0 Å². The fourth-order valence-corrected chi connectivity index (χ4v) is 3.51. The largest absolute Gasteiger partial charge is 0.337 e. The molecule has 0 saturated carbocycles. The molecular weight excluding hydrogens is 378 g/mol. The van der Waals surface area contributed by atoms with Crippen molar-refractivity contribution in [3.05, 3.63) is 66.1 Å². The number of carbonyl (C=O) groups is 1. The molecule has 2 heterocycles. The molecule has 3 aromatic rings. The maximum Gasteiger partial charge on any atom is 0.244 e. The summed E-state index contributed by atoms with van der Waals surface area (Å²) in [6.45, 7) is 0.768. The molecule has 4 rings (SSSR count). The van der Waals surface area contributed by atoms with Gasteiger partial charge in [-0.05, 0) is 43.7 Å². The van der Waals surface area contributed by atoms with Gasteiger partial charge in [0.15, 0.2) is 0 Å². The van der Waals surface area contributed by atoms with Crippen LogP contribution in [0.2, 0.25) is 0 Å². The number of para-hydroxylation sites is 1. The van der Waals surface area contributed by atoms with Gasteiger partial charge in [0.1, 0.15) is 11.6 Å². The van der Waals surface area contributed by atoms with Crippen LogP contribution in [-0.2, 0) is 4.79 Å². The lowest BCUT2D eigenvalue weighted by molar-refractivity contribution is -0.118. The van der Waals surface area contributed by atoms with E-state index in [9.17, 15) is 13.6 Å². The highest BCUT2D eigenvalue weighted by Crippen LogP contribution is 2.31. The van der Waals surface area contributed by atoms with Crippen LogP contribution < -0.4 is 5.32 Å². The lowest BCUT2D eigenvalue weighted by Crippen LogP contribution is -2.39. The first-order valence-electron chi connectivity index (χ1n) is 9.48. The van der Waals surface area contributed by atoms with Crippen molar-refractivity contribution in [2.45, 2.75) is 25.3 Å². The number of piperidine rings is 1. The number of benzene rings is 2. The summed E-state index contributed by atoms with van der Waals surface area (Å²) in [5, 5.41) is 6.57. The molecule has 1 aliphatic heterocycles. The van der Waals surface area contributed by atoms with Gasteiger partial charge in [0.2, 0.25) is 17.6 Å². The summed E-state index contributed by atoms with van der Waals surface area (Å²) in [7, 11) is 0. The number of rotatable bonds is 5. The second-order valence-corrected chi connectivity index (χ2v) is 6.98. The summed E-state index contributed by atoms with van der Waals surface area (Å²) in [5.41, 5.74) is 0.678. The van der Waals surface area contributed by atoms with Gasteiger partial charge >= 0.3 is 0 Å². The van der Waals surface area contributed by atoms with Crippen molar-refractivity contribution in [3.8, 4) is 11.4 Å². The Labute approximate surface area is 166 Å². The van der Waals surface area contributed by atoms with Crippen molar-refractivity contribution in [1.29, 1.82) is 0 Å². The number of anilines is 1. The van der Waals surface area contributed by atoms with Crippen LogP contribution in [0.4, 0.5) is 14.5 Å². The fraction of sp³-hybridized carbons (Fsp3) is 0.286. The van der Waals surface area contributed by atoms with Gasteiger partial charge in [0.25, 0.3) is 0 Å². The van der Waals surface area contributed by atoms with E-state index in [0.717, 1.165) is 19.3 Å². The molecule has 0 aliphatic carbocycles. The van der Waals surface area contributed by atoms with E-state index in [1.54, 1.807) is 24.3 Å². The second-order valence-electron chi connectivity index (χ2n) is 6.98. The molecule has 150 valence electrons. The van der Waals surface area contributed by atoms with Crippen molar-refractivity contribution >= 4 is 11.6 Å². The minimum atomic E-state index is -0.479. The van der Waals surface area contributed by atoms with Crippen LogP contribution in [-0.4, -0.2) is 34.0 Å². The Hall–Kier alpha value is -3.13. The predicted octanol–water partition coefficient (Wildman–Crippen LogP) is 4.18. The third kappa shape index (κ3) is 4.48. The third-order valence-corrected chi connectivity index (χ3v) is 4.92. The standard InChI is InChI=1S/C21H20F2N4O2/c22-15-7-5-6-14(12-15)20-25-21(29-26-20)18-10-3-4-11-27(18)13-19(28)24-17-9-2-1-8-16(17)23/h1-2,5-9,12,18H,3-4,10-11,13H2,(H,24,28)/t18-/m0/s1. The number of nitrogens with zero attached hydrogens (tertiary/aromatic N) is 3. The van der Waals surface area contributed by atoms with Gasteiger partial charge < -0.3 is 9.84 Å². The van der Waals surface area contributed by atoms with Crippen molar-refractivity contribution in [3.63, 3.8) is 0 Å². The number of hydrogen-bond acceptors (Lipinski definition) is 5. The summed E-state index contributed by atoms with van der Waals surface area (Å²) < 4.78 is 32.7. The highest BCUT2D eigenvalue weighted by Gasteiger charge is 2.30. The molecule has 6 nitrogen and oxygen atoms in total. The van der Waals surface area contributed by atoms with Crippen molar-refractivity contribution in [1.82, 2.24) is 15.0 Å². The lowest BCUT2D eigenvalue weighted by Gasteiger charge is -2.32. The van der Waals surface area contributed by atoms with Crippen LogP contribution in [0.25, 0.3) is 11.4 Å². The van der Waals surface area contributed by atoms with Gasteiger partial charge in [-0.2, -0.15) is 4.98 Å². The first-order valence-corrected chi connectivity index (χ1v) is 9.48. The predicted molar refractivity (Wildman–Crippen MR) is 103 cm³/mol. The Morgan fingerprint density at radius 3 is 2.86 bits per heavy atom. The van der Waals surface area contributed by atoms with Gasteiger partial charge in [-0.3, -0.25) is 9.69 Å². The maximum atomic E-state index is 13.8. The number of aromatic nitrogens is 2. The van der Waals surface area contributed by atoms with Crippen molar-refractivity contribution in [2.24, 2.45) is 0 Å². The summed E-state index contributed by atoms with van der Waals surface area (Å²) in [6.07, 6.45) is 2.67. The average molecular weight is 398 g/mol. The van der Waals surface area contributed by atoms with Crippen LogP contribution in [0, 0.1) is 11.6 Å². The smallest absolute Gasteiger partial charge is 0.244 e. The molecule has 1 saturated heterocycles. The van der Waals surface area contributed by atoms with Gasteiger partial charge in [-0.25, -0.2) is 8.78 Å². The van der Waals surface area contributed by atoms with Gasteiger partial charge in [-0.15, -0.1) is 0 Å². The number of halogens is 2. The minimum absolute atomic E-state index is 0.0800. The van der Waals surface area contributed by atoms with Crippen LogP contribution in [0.1, 0.15) is 31.2 Å². The molecule has 1 aromatic heterocycles. The molecule has 2 aromatic carbocycles. The Morgan fingerprint density at radius 1 is 1.17 bits per heavy atom. The molecule has 1 N–H and O–H groups in total. The maximum absolute atomic E-state index is 13.8. The SMILES string of the molecule is O=C(CN1CCCC[C@H]1c1nc(-c2cccc(F)c2)no1)Nc1ccccc1F. The first kappa shape index (κ1) is 19.2. The Balaban J connectivity index is 1.48. The Bertz CT molecular complexity index is 1010. The Kier molecular flexibility index (Phi) is 5.62. The molecule has 0 unspecified atom stereocenters. The van der Waals surface area contributed by atoms with E-state index in [1.807, 2.05) is 4.90 Å². The lowest BCUT2D eigenvalue weighted by atomic mass is 10.0. The molecule has 1 aliphatic rings. The fourth-order valence-electron chi connectivity index (χ4n) is 3.51. The molecule has 0 bridgehead atoms. The zero-order valence-electron chi connectivity index (χ0n) is 15.6. The summed E-state index contributed by atoms with van der Waals surface area (Å²) in [5.74, 6) is -0.471. The molecule has 1 amide bonds. The van der Waals surface area contributed by atoms with E-state index < -0.39 is 5.82 Å². The third-order valence-electron chi connectivity index (χ3n) is 4.92. The van der Waals surface area contributed by atoms with Gasteiger partial charge in [0.05, 0.1) is 18.3 Å². The second kappa shape index (κ2) is 8.48. The minimum Gasteiger partial charge on any atom is -0.337 e. The molecule has 0 spiro atoms. The number of nitrogens with one attached hydrogen (secondary N) is 1. The van der Waals surface area contributed by atoms with Crippen LogP contribution >= 0.6 is 0 Å². The van der Waals surface area contributed by atoms with E-state index >= 15 is 0 Å². The Morgan fingerprint density at radius 2 is 2.03 bits per heavy atom. The van der Waals surface area contributed by atoms with Crippen LogP contribution in [0.3, 0.4) is 0 Å². The van der Waals surface area contributed by atoms with Crippen molar-refractivity contribution in [2.75, 3.05) is 18.4 Å². The van der Waals surface area contributed by atoms with E-state index in [0.29, 0.717) is 23.8 Å². The summed E-state index contributed by atoms with van der Waals surface area (Å²) >= 11 is 0. The van der Waals surface area contributed by atoms with E-state index in [4.69, 9.17) is 4.52 Å². The van der Waals surface area contributed by atoms with E-state index in [1.165, 1.54) is 24.3 Å². The van der Waals surface area contributed by atoms with E-state index in [-0.39, 0.29) is 30.0 Å². The molecule has 1 fully saturated rings. The van der Waals surface area contributed by atoms with Gasteiger partial charge in [-0.1, -0.05) is 35.8 Å². The van der Waals surface area contributed by atoms with Gasteiger partial charge in [0, 0.05) is 5.56 Å². The van der Waals surface area contributed by atoms with E-state index in [2.05, 4.69) is 15.5 Å². The monoisotopic (exact) mass is 398 g/mol. The number of carbonyl (C=O) groups excluding carboxylic acids is 1. The number of hydrogen-bond donors (Lipinski definition) is 1. The summed E-state index contributed by atoms with van der Waals surface area (Å²) in [4.78, 5) is 18.8. The molecule has 29 heavy (non-hydrogen) atoms. The first-order chi connectivity index (χ1) is 14.1. The van der Waals surface area contributed by atoms with Crippen LogP contribution in [0.15, 0.2) is 53.1 Å². The topological polar surface area (TPSA) is 71.3 Å². The molecular formula is C21H20F2N4O2. The van der Waals surface area contributed by atoms with Crippen molar-refractivity contribution < 1.29 is 18.1 Å². The normalized spacial score (nSPS) is 17.2. The number of amides is 1. The molecule has 1 atom stereocenters. The highest BCUT2D eigenvalue weighted by molar-refractivity contribution is 5.92. The molecule has 0 radical (unpaired) electrons. The zero-order valence-corrected chi connectivity index (χ0v) is 15.6. The summed E-state index contributed by atoms with van der Waals surface area (Å²) in [6, 6.07) is 11.8. The highest BCUT2D eigenvalue weighted by atomic mass is 19.1.